The Hall–Kier alpha value is -3.91. The van der Waals surface area contributed by atoms with Crippen LogP contribution < -0.4 is 16.2 Å². The molecular weight excluding hydrogens is 414 g/mol. The van der Waals surface area contributed by atoms with Gasteiger partial charge in [0.2, 0.25) is 0 Å². The van der Waals surface area contributed by atoms with Gasteiger partial charge in [0.1, 0.15) is 17.2 Å². The Balaban J connectivity index is 1.60. The summed E-state index contributed by atoms with van der Waals surface area (Å²) in [5.41, 5.74) is 6.87. The molecule has 160 valence electrons. The van der Waals surface area contributed by atoms with E-state index in [9.17, 15) is 18.4 Å². The van der Waals surface area contributed by atoms with Crippen LogP contribution in [0.15, 0.2) is 65.5 Å². The van der Waals surface area contributed by atoms with E-state index in [-0.39, 0.29) is 17.5 Å². The summed E-state index contributed by atoms with van der Waals surface area (Å²) < 4.78 is 28.5. The summed E-state index contributed by atoms with van der Waals surface area (Å²) in [5, 5.41) is 7.15. The van der Waals surface area contributed by atoms with E-state index >= 15 is 0 Å². The second-order valence-electron chi connectivity index (χ2n) is 8.01. The van der Waals surface area contributed by atoms with Gasteiger partial charge in [-0.15, -0.1) is 0 Å². The summed E-state index contributed by atoms with van der Waals surface area (Å²) >= 11 is 0. The Kier molecular flexibility index (Phi) is 4.42. The number of benzene rings is 3. The van der Waals surface area contributed by atoms with Gasteiger partial charge in [-0.05, 0) is 48.9 Å². The van der Waals surface area contributed by atoms with Crippen molar-refractivity contribution in [1.82, 2.24) is 10.2 Å². The van der Waals surface area contributed by atoms with E-state index in [1.807, 2.05) is 0 Å². The van der Waals surface area contributed by atoms with Crippen LogP contribution >= 0.6 is 0 Å². The van der Waals surface area contributed by atoms with Gasteiger partial charge in [0, 0.05) is 17.4 Å². The molecule has 8 heteroatoms. The van der Waals surface area contributed by atoms with Crippen LogP contribution in [-0.4, -0.2) is 16.1 Å². The second-order valence-corrected chi connectivity index (χ2v) is 8.01. The fourth-order valence-electron chi connectivity index (χ4n) is 4.17. The molecule has 0 spiro atoms. The molecule has 0 bridgehead atoms. The van der Waals surface area contributed by atoms with Gasteiger partial charge in [0.15, 0.2) is 0 Å². The van der Waals surface area contributed by atoms with Crippen molar-refractivity contribution < 1.29 is 13.6 Å². The van der Waals surface area contributed by atoms with Gasteiger partial charge < -0.3 is 5.73 Å². The molecule has 32 heavy (non-hydrogen) atoms. The van der Waals surface area contributed by atoms with E-state index in [1.165, 1.54) is 23.1 Å². The highest BCUT2D eigenvalue weighted by Gasteiger charge is 2.45. The first-order chi connectivity index (χ1) is 15.3. The summed E-state index contributed by atoms with van der Waals surface area (Å²) in [5.74, 6) is -1.53. The molecule has 0 saturated heterocycles. The minimum absolute atomic E-state index is 0.0777. The van der Waals surface area contributed by atoms with Gasteiger partial charge in [-0.25, -0.2) is 13.9 Å². The van der Waals surface area contributed by atoms with E-state index in [2.05, 4.69) is 10.2 Å². The minimum atomic E-state index is -1.28. The van der Waals surface area contributed by atoms with Crippen LogP contribution in [0.1, 0.15) is 23.7 Å². The molecule has 0 fully saturated rings. The highest BCUT2D eigenvalue weighted by Crippen LogP contribution is 2.43. The maximum Gasteiger partial charge on any atom is 0.272 e. The third-order valence-electron chi connectivity index (χ3n) is 5.80. The highest BCUT2D eigenvalue weighted by molar-refractivity contribution is 6.12. The van der Waals surface area contributed by atoms with Gasteiger partial charge in [-0.3, -0.25) is 14.5 Å². The van der Waals surface area contributed by atoms with Crippen molar-refractivity contribution in [3.63, 3.8) is 0 Å². The van der Waals surface area contributed by atoms with Crippen LogP contribution in [0.4, 0.5) is 20.2 Å². The Bertz CT molecular complexity index is 1460. The second kappa shape index (κ2) is 7.06. The zero-order chi connectivity index (χ0) is 22.6. The molecule has 3 aromatic carbocycles. The summed E-state index contributed by atoms with van der Waals surface area (Å²) in [6.07, 6.45) is 0.232. The van der Waals surface area contributed by atoms with Crippen molar-refractivity contribution in [1.29, 1.82) is 0 Å². The quantitative estimate of drug-likeness (QED) is 0.517. The molecule has 0 saturated carbocycles. The first kappa shape index (κ1) is 20.0. The number of carbonyl (C=O) groups is 1. The summed E-state index contributed by atoms with van der Waals surface area (Å²) in [7, 11) is 0. The number of rotatable bonds is 3. The van der Waals surface area contributed by atoms with E-state index < -0.39 is 28.6 Å². The number of hydrogen-bond donors (Lipinski definition) is 2. The third kappa shape index (κ3) is 2.99. The summed E-state index contributed by atoms with van der Waals surface area (Å²) in [6.45, 7) is 1.60. The molecule has 2 heterocycles. The topological polar surface area (TPSA) is 92.1 Å². The lowest BCUT2D eigenvalue weighted by Gasteiger charge is -2.21. The van der Waals surface area contributed by atoms with Crippen LogP contribution in [0.5, 0.6) is 0 Å². The lowest BCUT2D eigenvalue weighted by molar-refractivity contribution is -0.121. The normalized spacial score (nSPS) is 17.8. The number of fused-ring (bicyclic) bond motifs is 2. The number of nitrogens with one attached hydrogen (secondary N) is 1. The molecule has 1 atom stereocenters. The van der Waals surface area contributed by atoms with Crippen LogP contribution in [0.25, 0.3) is 10.8 Å². The average molecular weight is 432 g/mol. The van der Waals surface area contributed by atoms with Gasteiger partial charge >= 0.3 is 0 Å². The minimum Gasteiger partial charge on any atom is -0.314 e. The van der Waals surface area contributed by atoms with Crippen LogP contribution in [-0.2, 0) is 16.8 Å². The Morgan fingerprint density at radius 3 is 2.59 bits per heavy atom. The number of H-pyrrole nitrogens is 1. The molecule has 6 nitrogen and oxygen atoms in total. The number of nitrogens with two attached hydrogens (primary N) is 1. The molecule has 1 amide bonds. The lowest BCUT2D eigenvalue weighted by atomic mass is 9.95. The maximum absolute atomic E-state index is 14.9. The van der Waals surface area contributed by atoms with E-state index in [1.54, 1.807) is 43.3 Å². The third-order valence-corrected chi connectivity index (χ3v) is 5.80. The molecule has 5 rings (SSSR count). The first-order valence-corrected chi connectivity index (χ1v) is 9.95. The number of aromatic amines is 1. The molecule has 3 N–H and O–H groups in total. The fraction of sp³-hybridized carbons (Fsp3) is 0.125. The zero-order valence-corrected chi connectivity index (χ0v) is 17.0. The summed E-state index contributed by atoms with van der Waals surface area (Å²) in [6, 6.07) is 15.3. The number of nitrogens with zero attached hydrogens (tertiary/aromatic N) is 2. The predicted octanol–water partition coefficient (Wildman–Crippen LogP) is 3.64. The van der Waals surface area contributed by atoms with Gasteiger partial charge in [0.25, 0.3) is 11.5 Å². The summed E-state index contributed by atoms with van der Waals surface area (Å²) in [4.78, 5) is 26.4. The van der Waals surface area contributed by atoms with Crippen LogP contribution in [0.2, 0.25) is 0 Å². The largest absolute Gasteiger partial charge is 0.314 e. The molecule has 1 aromatic heterocycles. The molecule has 0 radical (unpaired) electrons. The Morgan fingerprint density at radius 2 is 1.78 bits per heavy atom. The van der Waals surface area contributed by atoms with Crippen molar-refractivity contribution in [2.45, 2.75) is 18.9 Å². The smallest absolute Gasteiger partial charge is 0.272 e. The molecule has 0 aliphatic carbocycles. The number of anilines is 2. The monoisotopic (exact) mass is 432 g/mol. The molecule has 1 unspecified atom stereocenters. The molecular formula is C24H18F2N4O2. The average Bonchev–Trinajstić information content (AvgIpc) is 2.97. The van der Waals surface area contributed by atoms with Gasteiger partial charge in [0.05, 0.1) is 22.5 Å². The first-order valence-electron chi connectivity index (χ1n) is 9.95. The zero-order valence-electron chi connectivity index (χ0n) is 17.0. The van der Waals surface area contributed by atoms with E-state index in [4.69, 9.17) is 5.73 Å². The highest BCUT2D eigenvalue weighted by atomic mass is 19.1. The van der Waals surface area contributed by atoms with Crippen molar-refractivity contribution in [2.24, 2.45) is 5.73 Å². The van der Waals surface area contributed by atoms with Crippen molar-refractivity contribution >= 4 is 28.1 Å². The molecule has 4 aromatic rings. The van der Waals surface area contributed by atoms with E-state index in [0.717, 1.165) is 6.07 Å². The number of aromatic nitrogens is 2. The van der Waals surface area contributed by atoms with Crippen molar-refractivity contribution in [3.05, 3.63) is 99.5 Å². The fourth-order valence-corrected chi connectivity index (χ4v) is 4.17. The van der Waals surface area contributed by atoms with Crippen LogP contribution in [0.3, 0.4) is 0 Å². The molecule has 1 aliphatic heterocycles. The Labute approximate surface area is 181 Å². The van der Waals surface area contributed by atoms with Crippen molar-refractivity contribution in [3.8, 4) is 0 Å². The maximum atomic E-state index is 14.9. The van der Waals surface area contributed by atoms with Crippen LogP contribution in [0, 0.1) is 11.6 Å². The number of para-hydroxylation sites is 1. The lowest BCUT2D eigenvalue weighted by Crippen LogP contribution is -2.43. The number of amides is 1. The standard InChI is InChI=1S/C24H18F2N4O2/c1-24(27)17-4-2-3-5-20(17)30(23(24)32)21-11-13(6-9-18(21)26)10-19-15-8-7-14(25)12-16(15)22(31)29-28-19/h2-9,11-12H,10,27H2,1H3,(H,29,31). The predicted molar refractivity (Wildman–Crippen MR) is 117 cm³/mol. The SMILES string of the molecule is CC1(N)C(=O)N(c2cc(Cc3n[nH]c(=O)c4cc(F)ccc34)ccc2F)c2ccccc21. The number of halogens is 2. The van der Waals surface area contributed by atoms with Gasteiger partial charge in [-0.2, -0.15) is 5.10 Å². The number of carbonyl (C=O) groups excluding carboxylic acids is 1. The Morgan fingerprint density at radius 1 is 1.00 bits per heavy atom. The van der Waals surface area contributed by atoms with E-state index in [0.29, 0.717) is 27.9 Å². The van der Waals surface area contributed by atoms with Crippen molar-refractivity contribution in [2.75, 3.05) is 4.90 Å². The number of hydrogen-bond acceptors (Lipinski definition) is 4. The van der Waals surface area contributed by atoms with Gasteiger partial charge in [-0.1, -0.05) is 24.3 Å². The molecule has 1 aliphatic rings.